The third kappa shape index (κ3) is 1.87. The first-order valence-electron chi connectivity index (χ1n) is 12.0. The number of nitrogens with zero attached hydrogens (tertiary/aromatic N) is 1. The molecule has 0 radical (unpaired) electrons. The fourth-order valence-electron chi connectivity index (χ4n) is 8.24. The molecule has 7 heteroatoms. The number of rotatable bonds is 0. The summed E-state index contributed by atoms with van der Waals surface area (Å²) in [6.07, 6.45) is 6.51. The predicted octanol–water partition coefficient (Wildman–Crippen LogP) is 2.74. The molecule has 2 N–H and O–H groups in total. The molecule has 3 spiro atoms. The standard InChI is InChI=1S/C26H29N3O4/c1-22(2)10-8-14-16(33-22)7-6-15-18(14)27-20(31)25(15)13-26-17(23(25,3)4)12-24(19(30)28-26)9-5-11-29(24)21(26)32/h6-8,10,17H,5,9,11-13H2,1-4H3,(H,27,31)(H,28,30)/t17-,24+,25+,26+/m0/s1. The van der Waals surface area contributed by atoms with E-state index < -0.39 is 27.5 Å². The predicted molar refractivity (Wildman–Crippen MR) is 122 cm³/mol. The second-order valence-electron chi connectivity index (χ2n) is 12.0. The molecule has 4 atom stereocenters. The number of piperazine rings is 1. The zero-order chi connectivity index (χ0) is 23.2. The van der Waals surface area contributed by atoms with Crippen molar-refractivity contribution in [3.8, 4) is 5.75 Å². The van der Waals surface area contributed by atoms with Gasteiger partial charge in [-0.1, -0.05) is 19.9 Å². The van der Waals surface area contributed by atoms with Crippen LogP contribution in [0.2, 0.25) is 0 Å². The van der Waals surface area contributed by atoms with E-state index in [2.05, 4.69) is 24.5 Å². The van der Waals surface area contributed by atoms with Gasteiger partial charge in [-0.15, -0.1) is 0 Å². The average Bonchev–Trinajstić information content (AvgIpc) is 3.35. The Morgan fingerprint density at radius 3 is 2.67 bits per heavy atom. The minimum absolute atomic E-state index is 0.00462. The van der Waals surface area contributed by atoms with E-state index in [1.807, 2.05) is 43.0 Å². The van der Waals surface area contributed by atoms with Gasteiger partial charge in [0.1, 0.15) is 22.4 Å². The largest absolute Gasteiger partial charge is 0.483 e. The van der Waals surface area contributed by atoms with Gasteiger partial charge in [0, 0.05) is 18.0 Å². The molecule has 6 aliphatic heterocycles. The van der Waals surface area contributed by atoms with Crippen LogP contribution in [-0.2, 0) is 19.8 Å². The highest BCUT2D eigenvalue weighted by molar-refractivity contribution is 6.12. The summed E-state index contributed by atoms with van der Waals surface area (Å²) in [7, 11) is 0. The number of amides is 3. The number of carbonyl (C=O) groups excluding carboxylic acids is 3. The van der Waals surface area contributed by atoms with Gasteiger partial charge in [-0.2, -0.15) is 0 Å². The lowest BCUT2D eigenvalue weighted by Gasteiger charge is -2.59. The van der Waals surface area contributed by atoms with Gasteiger partial charge in [-0.3, -0.25) is 14.4 Å². The Hall–Kier alpha value is -2.83. The van der Waals surface area contributed by atoms with Gasteiger partial charge in [0.2, 0.25) is 17.7 Å². The monoisotopic (exact) mass is 447 g/mol. The summed E-state index contributed by atoms with van der Waals surface area (Å²) in [5, 5.41) is 6.36. The fraction of sp³-hybridized carbons (Fsp3) is 0.577. The first-order chi connectivity index (χ1) is 15.5. The first kappa shape index (κ1) is 19.6. The van der Waals surface area contributed by atoms with Gasteiger partial charge in [-0.05, 0) is 68.7 Å². The van der Waals surface area contributed by atoms with Crippen LogP contribution in [0.5, 0.6) is 5.75 Å². The van der Waals surface area contributed by atoms with Gasteiger partial charge >= 0.3 is 0 Å². The van der Waals surface area contributed by atoms with Gasteiger partial charge in [0.25, 0.3) is 0 Å². The zero-order valence-corrected chi connectivity index (χ0v) is 19.5. The Balaban J connectivity index is 1.43. The maximum atomic E-state index is 13.9. The van der Waals surface area contributed by atoms with E-state index in [9.17, 15) is 14.4 Å². The average molecular weight is 448 g/mol. The molecular weight excluding hydrogens is 418 g/mol. The Morgan fingerprint density at radius 1 is 1.09 bits per heavy atom. The number of fused-ring (bicyclic) bond motifs is 5. The lowest BCUT2D eigenvalue weighted by molar-refractivity contribution is -0.175. The number of piperidine rings is 2. The van der Waals surface area contributed by atoms with Crippen molar-refractivity contribution in [1.82, 2.24) is 10.2 Å². The van der Waals surface area contributed by atoms with Crippen molar-refractivity contribution in [3.05, 3.63) is 29.3 Å². The van der Waals surface area contributed by atoms with E-state index in [0.717, 1.165) is 29.0 Å². The van der Waals surface area contributed by atoms with Crippen LogP contribution in [0, 0.1) is 11.3 Å². The lowest BCUT2D eigenvalue weighted by Crippen LogP contribution is -2.81. The third-order valence-electron chi connectivity index (χ3n) is 9.84. The lowest BCUT2D eigenvalue weighted by atomic mass is 9.57. The van der Waals surface area contributed by atoms with Crippen molar-refractivity contribution < 1.29 is 19.1 Å². The van der Waals surface area contributed by atoms with Gasteiger partial charge < -0.3 is 20.3 Å². The zero-order valence-electron chi connectivity index (χ0n) is 19.5. The summed E-state index contributed by atoms with van der Waals surface area (Å²) in [5.41, 5.74) is -1.06. The van der Waals surface area contributed by atoms with E-state index in [1.165, 1.54) is 0 Å². The summed E-state index contributed by atoms with van der Waals surface area (Å²) >= 11 is 0. The fourth-order valence-corrected chi connectivity index (χ4v) is 8.24. The Bertz CT molecular complexity index is 1230. The molecule has 5 fully saturated rings. The van der Waals surface area contributed by atoms with Crippen molar-refractivity contribution in [2.24, 2.45) is 11.3 Å². The van der Waals surface area contributed by atoms with Crippen molar-refractivity contribution in [1.29, 1.82) is 0 Å². The molecule has 1 saturated carbocycles. The minimum Gasteiger partial charge on any atom is -0.483 e. The van der Waals surface area contributed by atoms with Crippen molar-refractivity contribution in [2.45, 2.75) is 75.5 Å². The van der Waals surface area contributed by atoms with E-state index in [-0.39, 0.29) is 23.6 Å². The van der Waals surface area contributed by atoms with E-state index in [0.29, 0.717) is 25.8 Å². The smallest absolute Gasteiger partial charge is 0.249 e. The molecule has 7 nitrogen and oxygen atoms in total. The van der Waals surface area contributed by atoms with E-state index in [1.54, 1.807) is 0 Å². The van der Waals surface area contributed by atoms with Crippen LogP contribution in [0.25, 0.3) is 6.08 Å². The molecule has 6 heterocycles. The summed E-state index contributed by atoms with van der Waals surface area (Å²) in [6, 6.07) is 3.95. The Kier molecular flexibility index (Phi) is 3.14. The summed E-state index contributed by atoms with van der Waals surface area (Å²) in [6.45, 7) is 8.86. The van der Waals surface area contributed by atoms with E-state index >= 15 is 0 Å². The van der Waals surface area contributed by atoms with Crippen molar-refractivity contribution >= 4 is 29.5 Å². The highest BCUT2D eigenvalue weighted by atomic mass is 16.5. The highest BCUT2D eigenvalue weighted by Crippen LogP contribution is 2.70. The molecule has 2 bridgehead atoms. The summed E-state index contributed by atoms with van der Waals surface area (Å²) in [4.78, 5) is 43.0. The molecule has 7 aliphatic rings. The molecule has 1 aromatic rings. The molecule has 1 aliphatic carbocycles. The molecule has 172 valence electrons. The maximum absolute atomic E-state index is 13.9. The van der Waals surface area contributed by atoms with E-state index in [4.69, 9.17) is 4.74 Å². The third-order valence-corrected chi connectivity index (χ3v) is 9.84. The number of nitrogens with one attached hydrogen (secondary N) is 2. The van der Waals surface area contributed by atoms with Crippen LogP contribution < -0.4 is 15.4 Å². The van der Waals surface area contributed by atoms with Gasteiger partial charge in [-0.25, -0.2) is 0 Å². The summed E-state index contributed by atoms with van der Waals surface area (Å²) in [5.74, 6) is 0.523. The minimum atomic E-state index is -1.03. The first-order valence-corrected chi connectivity index (χ1v) is 12.0. The van der Waals surface area contributed by atoms with Crippen LogP contribution >= 0.6 is 0 Å². The van der Waals surface area contributed by atoms with Crippen LogP contribution in [0.3, 0.4) is 0 Å². The van der Waals surface area contributed by atoms with Crippen molar-refractivity contribution in [3.63, 3.8) is 0 Å². The molecule has 3 amide bonds. The Labute approximate surface area is 192 Å². The molecule has 0 aromatic heterocycles. The maximum Gasteiger partial charge on any atom is 0.249 e. The van der Waals surface area contributed by atoms with Crippen LogP contribution in [-0.4, -0.2) is 45.8 Å². The van der Waals surface area contributed by atoms with Gasteiger partial charge in [0.15, 0.2) is 0 Å². The second kappa shape index (κ2) is 5.29. The SMILES string of the molecule is CC1(C)C=Cc2c(ccc3c2NC(=O)[C@@]32C[C@]34NC(=O)[C@@]5(CCCN5C3=O)C[C@H]4C2(C)C)O1. The van der Waals surface area contributed by atoms with Crippen LogP contribution in [0.15, 0.2) is 18.2 Å². The topological polar surface area (TPSA) is 87.7 Å². The number of benzene rings is 1. The number of hydrogen-bond acceptors (Lipinski definition) is 4. The molecule has 8 rings (SSSR count). The number of hydrogen-bond donors (Lipinski definition) is 2. The molecule has 33 heavy (non-hydrogen) atoms. The second-order valence-corrected chi connectivity index (χ2v) is 12.0. The van der Waals surface area contributed by atoms with Crippen LogP contribution in [0.4, 0.5) is 5.69 Å². The Morgan fingerprint density at radius 2 is 1.88 bits per heavy atom. The van der Waals surface area contributed by atoms with Crippen molar-refractivity contribution in [2.75, 3.05) is 11.9 Å². The van der Waals surface area contributed by atoms with Crippen LogP contribution in [0.1, 0.15) is 64.5 Å². The molecule has 1 aromatic carbocycles. The molecular formula is C26H29N3O4. The molecule has 0 unspecified atom stereocenters. The highest BCUT2D eigenvalue weighted by Gasteiger charge is 2.80. The summed E-state index contributed by atoms with van der Waals surface area (Å²) < 4.78 is 6.15. The van der Waals surface area contributed by atoms with Gasteiger partial charge in [0.05, 0.1) is 11.1 Å². The quantitative estimate of drug-likeness (QED) is 0.640. The number of ether oxygens (including phenoxy) is 1. The number of anilines is 1. The number of carbonyl (C=O) groups is 3. The molecule has 4 saturated heterocycles. The normalized spacial score (nSPS) is 40.2.